The first kappa shape index (κ1) is 13.2. The number of hydrogen-bond acceptors (Lipinski definition) is 3. The summed E-state index contributed by atoms with van der Waals surface area (Å²) in [6.07, 6.45) is 5.63. The first-order chi connectivity index (χ1) is 9.62. The molecule has 0 unspecified atom stereocenters. The third-order valence-corrected chi connectivity index (χ3v) is 4.37. The molecular formula is C16H19FN2O. The average Bonchev–Trinajstić information content (AvgIpc) is 2.83. The minimum absolute atomic E-state index is 0.0967. The molecule has 2 aromatic rings. The van der Waals surface area contributed by atoms with Crippen LogP contribution in [0.5, 0.6) is 0 Å². The fraction of sp³-hybridized carbons (Fsp3) is 0.438. The second-order valence-corrected chi connectivity index (χ2v) is 5.87. The summed E-state index contributed by atoms with van der Waals surface area (Å²) in [5.74, 6) is 0.722. The van der Waals surface area contributed by atoms with Gasteiger partial charge in [0.2, 0.25) is 0 Å². The molecule has 1 heterocycles. The minimum atomic E-state index is -0.289. The Morgan fingerprint density at radius 2 is 1.90 bits per heavy atom. The minimum Gasteiger partial charge on any atom is -0.380 e. The predicted molar refractivity (Wildman–Crippen MR) is 76.7 cm³/mol. The van der Waals surface area contributed by atoms with Gasteiger partial charge in [-0.1, -0.05) is 49.5 Å². The van der Waals surface area contributed by atoms with E-state index in [9.17, 15) is 4.39 Å². The Labute approximate surface area is 118 Å². The Balaban J connectivity index is 2.13. The number of rotatable bonds is 2. The largest absolute Gasteiger partial charge is 0.380 e. The van der Waals surface area contributed by atoms with Crippen molar-refractivity contribution in [3.63, 3.8) is 0 Å². The molecule has 20 heavy (non-hydrogen) atoms. The van der Waals surface area contributed by atoms with E-state index in [0.29, 0.717) is 11.1 Å². The van der Waals surface area contributed by atoms with Gasteiger partial charge >= 0.3 is 0 Å². The third-order valence-electron chi connectivity index (χ3n) is 4.37. The molecular weight excluding hydrogens is 255 g/mol. The molecule has 0 aliphatic heterocycles. The van der Waals surface area contributed by atoms with Crippen molar-refractivity contribution in [3.8, 4) is 11.1 Å². The molecule has 0 saturated heterocycles. The van der Waals surface area contributed by atoms with Crippen LogP contribution in [0.4, 0.5) is 10.2 Å². The van der Waals surface area contributed by atoms with Crippen LogP contribution in [0.1, 0.15) is 44.8 Å². The summed E-state index contributed by atoms with van der Waals surface area (Å²) in [7, 11) is 0. The molecule has 0 atom stereocenters. The Morgan fingerprint density at radius 1 is 1.20 bits per heavy atom. The molecule has 1 fully saturated rings. The van der Waals surface area contributed by atoms with Crippen LogP contribution < -0.4 is 5.73 Å². The van der Waals surface area contributed by atoms with Gasteiger partial charge in [0.15, 0.2) is 11.6 Å². The smallest absolute Gasteiger partial charge is 0.175 e. The summed E-state index contributed by atoms with van der Waals surface area (Å²) in [4.78, 5) is 0. The average molecular weight is 274 g/mol. The highest BCUT2D eigenvalue weighted by atomic mass is 19.1. The van der Waals surface area contributed by atoms with E-state index in [1.807, 2.05) is 0 Å². The molecule has 1 aromatic heterocycles. The van der Waals surface area contributed by atoms with Gasteiger partial charge < -0.3 is 10.3 Å². The van der Waals surface area contributed by atoms with Crippen molar-refractivity contribution in [2.24, 2.45) is 0 Å². The van der Waals surface area contributed by atoms with Gasteiger partial charge in [-0.25, -0.2) is 4.39 Å². The maximum Gasteiger partial charge on any atom is 0.175 e. The van der Waals surface area contributed by atoms with Crippen molar-refractivity contribution in [2.75, 3.05) is 5.73 Å². The van der Waals surface area contributed by atoms with E-state index in [-0.39, 0.29) is 17.1 Å². The second kappa shape index (κ2) is 4.93. The van der Waals surface area contributed by atoms with Gasteiger partial charge in [-0.2, -0.15) is 0 Å². The molecule has 1 saturated carbocycles. The number of aromatic nitrogens is 1. The highest BCUT2D eigenvalue weighted by Crippen LogP contribution is 2.45. The zero-order chi connectivity index (χ0) is 14.2. The van der Waals surface area contributed by atoms with Crippen LogP contribution in [0.3, 0.4) is 0 Å². The van der Waals surface area contributed by atoms with Gasteiger partial charge in [0.05, 0.1) is 5.56 Å². The van der Waals surface area contributed by atoms with E-state index in [4.69, 9.17) is 10.3 Å². The first-order valence-corrected chi connectivity index (χ1v) is 7.12. The first-order valence-electron chi connectivity index (χ1n) is 7.12. The fourth-order valence-corrected chi connectivity index (χ4v) is 3.20. The Bertz CT molecular complexity index is 615. The molecule has 3 rings (SSSR count). The van der Waals surface area contributed by atoms with Gasteiger partial charge in [-0.3, -0.25) is 0 Å². The van der Waals surface area contributed by atoms with Crippen LogP contribution in [0, 0.1) is 5.82 Å². The van der Waals surface area contributed by atoms with Crippen LogP contribution in [0.2, 0.25) is 0 Å². The SMILES string of the molecule is CC1(c2onc(N)c2-c2ccccc2F)CCCCC1. The molecule has 2 N–H and O–H groups in total. The number of nitrogen functional groups attached to an aromatic ring is 1. The summed E-state index contributed by atoms with van der Waals surface area (Å²) in [6, 6.07) is 6.64. The van der Waals surface area contributed by atoms with E-state index in [0.717, 1.165) is 31.4 Å². The van der Waals surface area contributed by atoms with E-state index in [1.54, 1.807) is 18.2 Å². The zero-order valence-corrected chi connectivity index (χ0v) is 11.7. The lowest BCUT2D eigenvalue weighted by atomic mass is 9.72. The van der Waals surface area contributed by atoms with Gasteiger partial charge in [0, 0.05) is 11.0 Å². The second-order valence-electron chi connectivity index (χ2n) is 5.87. The van der Waals surface area contributed by atoms with Crippen LogP contribution >= 0.6 is 0 Å². The molecule has 106 valence electrons. The van der Waals surface area contributed by atoms with Crippen molar-refractivity contribution in [3.05, 3.63) is 35.8 Å². The Kier molecular flexibility index (Phi) is 3.24. The third kappa shape index (κ3) is 2.09. The molecule has 1 aliphatic rings. The number of nitrogens with two attached hydrogens (primary N) is 1. The van der Waals surface area contributed by atoms with Crippen molar-refractivity contribution in [1.82, 2.24) is 5.16 Å². The molecule has 0 spiro atoms. The zero-order valence-electron chi connectivity index (χ0n) is 11.7. The summed E-state index contributed by atoms with van der Waals surface area (Å²) < 4.78 is 19.6. The van der Waals surface area contributed by atoms with Crippen LogP contribution in [-0.4, -0.2) is 5.16 Å². The van der Waals surface area contributed by atoms with Crippen molar-refractivity contribution >= 4 is 5.82 Å². The molecule has 4 heteroatoms. The number of nitrogens with zero attached hydrogens (tertiary/aromatic N) is 1. The number of anilines is 1. The van der Waals surface area contributed by atoms with E-state index in [2.05, 4.69) is 12.1 Å². The maximum atomic E-state index is 14.1. The number of benzene rings is 1. The lowest BCUT2D eigenvalue weighted by Gasteiger charge is -2.31. The van der Waals surface area contributed by atoms with Gasteiger partial charge in [0.1, 0.15) is 5.82 Å². The Morgan fingerprint density at radius 3 is 2.60 bits per heavy atom. The summed E-state index contributed by atoms with van der Waals surface area (Å²) in [5.41, 5.74) is 6.95. The standard InChI is InChI=1S/C16H19FN2O/c1-16(9-5-2-6-10-16)14-13(15(18)19-20-14)11-7-3-4-8-12(11)17/h3-4,7-8H,2,5-6,9-10H2,1H3,(H2,18,19). The van der Waals surface area contributed by atoms with E-state index < -0.39 is 0 Å². The monoisotopic (exact) mass is 274 g/mol. The molecule has 1 aromatic carbocycles. The van der Waals surface area contributed by atoms with Gasteiger partial charge in [-0.15, -0.1) is 0 Å². The molecule has 0 bridgehead atoms. The lowest BCUT2D eigenvalue weighted by molar-refractivity contribution is 0.241. The van der Waals surface area contributed by atoms with Gasteiger partial charge in [-0.05, 0) is 18.9 Å². The highest BCUT2D eigenvalue weighted by Gasteiger charge is 2.36. The topological polar surface area (TPSA) is 52.0 Å². The Hall–Kier alpha value is -1.84. The summed E-state index contributed by atoms with van der Waals surface area (Å²) >= 11 is 0. The van der Waals surface area contributed by atoms with Gasteiger partial charge in [0.25, 0.3) is 0 Å². The fourth-order valence-electron chi connectivity index (χ4n) is 3.20. The molecule has 0 amide bonds. The molecule has 0 radical (unpaired) electrons. The van der Waals surface area contributed by atoms with E-state index in [1.165, 1.54) is 12.5 Å². The van der Waals surface area contributed by atoms with Crippen LogP contribution in [-0.2, 0) is 5.41 Å². The van der Waals surface area contributed by atoms with Crippen molar-refractivity contribution < 1.29 is 8.91 Å². The van der Waals surface area contributed by atoms with E-state index >= 15 is 0 Å². The van der Waals surface area contributed by atoms with Crippen LogP contribution in [0.15, 0.2) is 28.8 Å². The summed E-state index contributed by atoms with van der Waals surface area (Å²) in [5, 5.41) is 3.89. The number of halogens is 1. The molecule has 3 nitrogen and oxygen atoms in total. The lowest BCUT2D eigenvalue weighted by Crippen LogP contribution is -2.25. The highest BCUT2D eigenvalue weighted by molar-refractivity contribution is 5.76. The van der Waals surface area contributed by atoms with Crippen molar-refractivity contribution in [2.45, 2.75) is 44.4 Å². The summed E-state index contributed by atoms with van der Waals surface area (Å²) in [6.45, 7) is 2.16. The quantitative estimate of drug-likeness (QED) is 0.889. The molecule has 1 aliphatic carbocycles. The predicted octanol–water partition coefficient (Wildman–Crippen LogP) is 4.28. The number of hydrogen-bond donors (Lipinski definition) is 1. The maximum absolute atomic E-state index is 14.1. The normalized spacial score (nSPS) is 18.1. The van der Waals surface area contributed by atoms with Crippen LogP contribution in [0.25, 0.3) is 11.1 Å². The van der Waals surface area contributed by atoms with Crippen molar-refractivity contribution in [1.29, 1.82) is 0 Å².